The van der Waals surface area contributed by atoms with Gasteiger partial charge in [-0.1, -0.05) is 60.7 Å². The van der Waals surface area contributed by atoms with Crippen molar-refractivity contribution in [3.63, 3.8) is 0 Å². The molecule has 0 bridgehead atoms. The molecule has 60 heavy (non-hydrogen) atoms. The van der Waals surface area contributed by atoms with Gasteiger partial charge in [-0.3, -0.25) is 19.0 Å². The lowest BCUT2D eigenvalue weighted by atomic mass is 10.2. The van der Waals surface area contributed by atoms with Gasteiger partial charge in [0, 0.05) is 36.6 Å². The second kappa shape index (κ2) is 23.1. The van der Waals surface area contributed by atoms with Gasteiger partial charge in [0.15, 0.2) is 0 Å². The number of benzene rings is 4. The summed E-state index contributed by atoms with van der Waals surface area (Å²) < 4.78 is 25.3. The third-order valence-electron chi connectivity index (χ3n) is 9.03. The van der Waals surface area contributed by atoms with Gasteiger partial charge in [-0.2, -0.15) is 0 Å². The minimum Gasteiger partial charge on any atom is -0.497 e. The molecule has 0 aliphatic rings. The van der Waals surface area contributed by atoms with Gasteiger partial charge in [-0.05, 0) is 101 Å². The number of methoxy groups -OCH3 is 2. The molecule has 14 nitrogen and oxygen atoms in total. The van der Waals surface area contributed by atoms with Gasteiger partial charge in [0.1, 0.15) is 22.9 Å². The molecule has 0 atom stereocenters. The molecule has 0 aliphatic heterocycles. The fourth-order valence-electron chi connectivity index (χ4n) is 5.90. The van der Waals surface area contributed by atoms with E-state index in [9.17, 15) is 9.59 Å². The van der Waals surface area contributed by atoms with Gasteiger partial charge < -0.3 is 39.4 Å². The van der Waals surface area contributed by atoms with Crippen molar-refractivity contribution in [2.75, 3.05) is 79.3 Å². The van der Waals surface area contributed by atoms with Crippen LogP contribution in [0.4, 0.5) is 11.4 Å². The van der Waals surface area contributed by atoms with E-state index in [1.165, 1.54) is 0 Å². The molecular weight excluding hydrogens is 761 g/mol. The molecule has 0 radical (unpaired) electrons. The number of carbonyl (C=O) groups is 2. The van der Waals surface area contributed by atoms with Gasteiger partial charge in [-0.25, -0.2) is 0 Å². The van der Waals surface area contributed by atoms with Crippen LogP contribution in [0.15, 0.2) is 121 Å². The van der Waals surface area contributed by atoms with Gasteiger partial charge >= 0.3 is 0 Å². The molecule has 2 N–H and O–H groups in total. The molecule has 2 amide bonds. The summed E-state index contributed by atoms with van der Waals surface area (Å²) in [5.74, 6) is 1.87. The first-order valence-corrected chi connectivity index (χ1v) is 19.8. The smallest absolute Gasteiger partial charge is 0.274 e. The van der Waals surface area contributed by atoms with Crippen LogP contribution >= 0.6 is 0 Å². The van der Waals surface area contributed by atoms with Crippen LogP contribution in [0.3, 0.4) is 0 Å². The highest BCUT2D eigenvalue weighted by Gasteiger charge is 2.19. The minimum absolute atomic E-state index is 0.244. The van der Waals surface area contributed by atoms with Crippen molar-refractivity contribution in [3.8, 4) is 23.3 Å². The third-order valence-corrected chi connectivity index (χ3v) is 9.03. The number of hydrogen-bond acceptors (Lipinski definition) is 10. The predicted molar refractivity (Wildman–Crippen MR) is 235 cm³/mol. The Bertz CT molecular complexity index is 2030. The number of anilines is 2. The average molecular weight is 817 g/mol. The molecule has 0 saturated carbocycles. The van der Waals surface area contributed by atoms with E-state index in [4.69, 9.17) is 18.9 Å². The lowest BCUT2D eigenvalue weighted by Gasteiger charge is -2.09. The molecule has 2 aromatic heterocycles. The van der Waals surface area contributed by atoms with Crippen molar-refractivity contribution in [1.82, 2.24) is 29.4 Å². The first-order chi connectivity index (χ1) is 29.1. The summed E-state index contributed by atoms with van der Waals surface area (Å²) in [5, 5.41) is 14.9. The van der Waals surface area contributed by atoms with Crippen molar-refractivity contribution in [2.24, 2.45) is 0 Å². The van der Waals surface area contributed by atoms with Crippen molar-refractivity contribution in [1.29, 1.82) is 0 Å². The van der Waals surface area contributed by atoms with E-state index in [-0.39, 0.29) is 11.8 Å². The molecule has 4 aromatic carbocycles. The number of carbonyl (C=O) groups excluding carboxylic acids is 2. The van der Waals surface area contributed by atoms with Crippen molar-refractivity contribution in [3.05, 3.63) is 144 Å². The second-order valence-corrected chi connectivity index (χ2v) is 14.4. The maximum atomic E-state index is 12.9. The monoisotopic (exact) mass is 816 g/mol. The summed E-state index contributed by atoms with van der Waals surface area (Å²) >= 11 is 0. The van der Waals surface area contributed by atoms with Crippen LogP contribution in [0.2, 0.25) is 0 Å². The Morgan fingerprint density at radius 1 is 0.550 bits per heavy atom. The summed E-state index contributed by atoms with van der Waals surface area (Å²) in [6.07, 6.45) is 1.76. The number of hydrogen-bond donors (Lipinski definition) is 2. The van der Waals surface area contributed by atoms with Crippen molar-refractivity contribution < 1.29 is 28.5 Å². The Hall–Kier alpha value is -6.64. The minimum atomic E-state index is -0.244. The molecular formula is C46H56N8O6. The standard InChI is InChI=1S/2C23H28N4O3/c2*1-26(2)14-7-15-30-22-16-21(27(25-22)17-18-8-5-4-6-9-18)23(28)24-19-10-12-20(29-3)13-11-19/h2*4-6,8-13,16H,7,14-15,17H2,1-3H3,(H,24,28). The Kier molecular flexibility index (Phi) is 17.1. The van der Waals surface area contributed by atoms with Crippen LogP contribution in [0.25, 0.3) is 0 Å². The van der Waals surface area contributed by atoms with E-state index in [1.807, 2.05) is 88.9 Å². The molecule has 6 rings (SSSR count). The molecule has 2 heterocycles. The van der Waals surface area contributed by atoms with Crippen LogP contribution in [0, 0.1) is 0 Å². The molecule has 0 aliphatic carbocycles. The lowest BCUT2D eigenvalue weighted by molar-refractivity contribution is 0.100. The number of nitrogens with one attached hydrogen (secondary N) is 2. The van der Waals surface area contributed by atoms with Crippen LogP contribution in [0.5, 0.6) is 23.3 Å². The van der Waals surface area contributed by atoms with Gasteiger partial charge in [0.2, 0.25) is 11.8 Å². The highest BCUT2D eigenvalue weighted by atomic mass is 16.5. The fourth-order valence-corrected chi connectivity index (χ4v) is 5.90. The van der Waals surface area contributed by atoms with Crippen LogP contribution in [0.1, 0.15) is 44.9 Å². The van der Waals surface area contributed by atoms with Crippen molar-refractivity contribution in [2.45, 2.75) is 25.9 Å². The molecule has 0 spiro atoms. The lowest BCUT2D eigenvalue weighted by Crippen LogP contribution is -2.18. The molecule has 0 saturated heterocycles. The summed E-state index contributed by atoms with van der Waals surface area (Å²) in [5.41, 5.74) is 4.36. The van der Waals surface area contributed by atoms with Crippen LogP contribution in [-0.4, -0.2) is 110 Å². The van der Waals surface area contributed by atoms with Gasteiger partial charge in [-0.15, -0.1) is 10.2 Å². The SMILES string of the molecule is COc1ccc(NC(=O)c2cc(OCCCN(C)C)nn2Cc2ccccc2)cc1.COc1ccc(NC(=O)c2cc(OCCCN(C)C)nn2Cc2ccccc2)cc1. The van der Waals surface area contributed by atoms with Crippen molar-refractivity contribution >= 4 is 23.2 Å². The van der Waals surface area contributed by atoms with Gasteiger partial charge in [0.25, 0.3) is 11.8 Å². The molecule has 0 fully saturated rings. The molecule has 6 aromatic rings. The Morgan fingerprint density at radius 3 is 1.25 bits per heavy atom. The topological polar surface area (TPSA) is 137 Å². The van der Waals surface area contributed by atoms with Gasteiger partial charge in [0.05, 0.1) is 40.5 Å². The van der Waals surface area contributed by atoms with Crippen LogP contribution < -0.4 is 29.6 Å². The Labute approximate surface area is 352 Å². The Morgan fingerprint density at radius 2 is 0.917 bits per heavy atom. The zero-order valence-electron chi connectivity index (χ0n) is 35.3. The average Bonchev–Trinajstić information content (AvgIpc) is 3.86. The number of ether oxygens (including phenoxy) is 4. The summed E-state index contributed by atoms with van der Waals surface area (Å²) in [7, 11) is 11.3. The normalized spacial score (nSPS) is 10.8. The second-order valence-electron chi connectivity index (χ2n) is 14.4. The highest BCUT2D eigenvalue weighted by Crippen LogP contribution is 2.21. The first-order valence-electron chi connectivity index (χ1n) is 19.8. The number of nitrogens with zero attached hydrogens (tertiary/aromatic N) is 6. The zero-order chi connectivity index (χ0) is 42.7. The zero-order valence-corrected chi connectivity index (χ0v) is 35.3. The van der Waals surface area contributed by atoms with E-state index >= 15 is 0 Å². The molecule has 316 valence electrons. The quantitative estimate of drug-likeness (QED) is 0.0772. The highest BCUT2D eigenvalue weighted by molar-refractivity contribution is 6.04. The summed E-state index contributed by atoms with van der Waals surface area (Å²) in [4.78, 5) is 30.1. The van der Waals surface area contributed by atoms with E-state index in [0.717, 1.165) is 48.6 Å². The third kappa shape index (κ3) is 14.3. The van der Waals surface area contributed by atoms with E-state index in [2.05, 4.69) is 30.6 Å². The summed E-state index contributed by atoms with van der Waals surface area (Å²) in [6.45, 7) is 3.89. The maximum absolute atomic E-state index is 12.9. The largest absolute Gasteiger partial charge is 0.497 e. The van der Waals surface area contributed by atoms with E-state index in [0.29, 0.717) is 60.8 Å². The fraction of sp³-hybridized carbons (Fsp3) is 0.304. The number of rotatable bonds is 20. The van der Waals surface area contributed by atoms with E-state index < -0.39 is 0 Å². The van der Waals surface area contributed by atoms with Crippen LogP contribution in [-0.2, 0) is 13.1 Å². The predicted octanol–water partition coefficient (Wildman–Crippen LogP) is 7.05. The summed E-state index contributed by atoms with van der Waals surface area (Å²) in [6, 6.07) is 37.6. The Balaban J connectivity index is 0.000000228. The first kappa shape index (κ1) is 44.5. The number of amides is 2. The molecule has 0 unspecified atom stereocenters. The maximum Gasteiger partial charge on any atom is 0.274 e. The van der Waals surface area contributed by atoms with E-state index in [1.54, 1.807) is 84.2 Å². The molecule has 14 heteroatoms. The number of aromatic nitrogens is 4.